The number of β-lactam (4-membered cyclic amide) rings is 1. The number of hydrogen-bond acceptors (Lipinski definition) is 1. The number of nitrogens with zero attached hydrogens (tertiary/aromatic N) is 1. The molecule has 0 aromatic rings. The van der Waals surface area contributed by atoms with E-state index in [1.54, 1.807) is 6.08 Å². The van der Waals surface area contributed by atoms with Gasteiger partial charge in [-0.3, -0.25) is 4.79 Å². The first-order valence-electron chi connectivity index (χ1n) is 5.60. The molecule has 0 bridgehead atoms. The summed E-state index contributed by atoms with van der Waals surface area (Å²) in [7, 11) is -1.67. The topological polar surface area (TPSA) is 20.3 Å². The number of carbonyl (C=O) groups excluding carboxylic acids is 1. The standard InChI is InChI=1S/C12H23NOSi/c1-8-10-9(2)13(11(10)14)15(6,7)12(3,4)5/h8-10H,1H2,2-7H3. The van der Waals surface area contributed by atoms with Crippen LogP contribution in [0.5, 0.6) is 0 Å². The maximum absolute atomic E-state index is 12.0. The van der Waals surface area contributed by atoms with Crippen molar-refractivity contribution in [3.8, 4) is 0 Å². The summed E-state index contributed by atoms with van der Waals surface area (Å²) < 4.78 is 2.14. The van der Waals surface area contributed by atoms with E-state index in [1.165, 1.54) is 0 Å². The molecule has 15 heavy (non-hydrogen) atoms. The first-order chi connectivity index (χ1) is 6.64. The van der Waals surface area contributed by atoms with Gasteiger partial charge in [-0.2, -0.15) is 0 Å². The van der Waals surface area contributed by atoms with Gasteiger partial charge in [0.15, 0.2) is 8.24 Å². The fourth-order valence-corrected chi connectivity index (χ4v) is 4.69. The first-order valence-corrected chi connectivity index (χ1v) is 8.55. The Kier molecular flexibility index (Phi) is 2.90. The van der Waals surface area contributed by atoms with Crippen LogP contribution in [-0.4, -0.2) is 24.7 Å². The minimum atomic E-state index is -1.67. The zero-order valence-corrected chi connectivity index (χ0v) is 11.8. The Labute approximate surface area is 94.4 Å². The van der Waals surface area contributed by atoms with Crippen molar-refractivity contribution in [2.24, 2.45) is 5.92 Å². The van der Waals surface area contributed by atoms with Crippen LogP contribution in [0.3, 0.4) is 0 Å². The van der Waals surface area contributed by atoms with E-state index in [4.69, 9.17) is 0 Å². The Morgan fingerprint density at radius 2 is 1.87 bits per heavy atom. The Morgan fingerprint density at radius 1 is 1.40 bits per heavy atom. The molecule has 2 nitrogen and oxygen atoms in total. The van der Waals surface area contributed by atoms with Crippen LogP contribution in [0.15, 0.2) is 12.7 Å². The molecule has 0 radical (unpaired) electrons. The van der Waals surface area contributed by atoms with Gasteiger partial charge in [-0.15, -0.1) is 6.58 Å². The zero-order chi connectivity index (χ0) is 12.0. The van der Waals surface area contributed by atoms with Crippen LogP contribution in [0.4, 0.5) is 0 Å². The molecule has 1 saturated heterocycles. The van der Waals surface area contributed by atoms with E-state index in [2.05, 4.69) is 51.9 Å². The van der Waals surface area contributed by atoms with E-state index in [0.717, 1.165) is 0 Å². The predicted molar refractivity (Wildman–Crippen MR) is 67.2 cm³/mol. The quantitative estimate of drug-likeness (QED) is 0.402. The number of amides is 1. The molecule has 1 aliphatic heterocycles. The summed E-state index contributed by atoms with van der Waals surface area (Å²) in [6.45, 7) is 17.1. The Balaban J connectivity index is 2.93. The SMILES string of the molecule is C=CC1C(=O)N([Si](C)(C)C(C)(C)C)C1C. The molecule has 0 spiro atoms. The summed E-state index contributed by atoms with van der Waals surface area (Å²) >= 11 is 0. The van der Waals surface area contributed by atoms with E-state index in [1.807, 2.05) is 0 Å². The van der Waals surface area contributed by atoms with Crippen LogP contribution >= 0.6 is 0 Å². The van der Waals surface area contributed by atoms with Gasteiger partial charge in [0.1, 0.15) is 0 Å². The molecule has 1 heterocycles. The van der Waals surface area contributed by atoms with Crippen molar-refractivity contribution in [1.29, 1.82) is 0 Å². The van der Waals surface area contributed by atoms with Crippen LogP contribution in [0.25, 0.3) is 0 Å². The van der Waals surface area contributed by atoms with Gasteiger partial charge in [-0.05, 0) is 12.0 Å². The van der Waals surface area contributed by atoms with Gasteiger partial charge in [-0.1, -0.05) is 39.9 Å². The molecular formula is C12H23NOSi. The van der Waals surface area contributed by atoms with Crippen LogP contribution in [0.1, 0.15) is 27.7 Å². The molecule has 1 fully saturated rings. The van der Waals surface area contributed by atoms with Gasteiger partial charge in [0, 0.05) is 6.04 Å². The fraction of sp³-hybridized carbons (Fsp3) is 0.750. The van der Waals surface area contributed by atoms with E-state index in [9.17, 15) is 4.79 Å². The minimum Gasteiger partial charge on any atom is -0.365 e. The van der Waals surface area contributed by atoms with Gasteiger partial charge in [0.25, 0.3) is 0 Å². The van der Waals surface area contributed by atoms with Crippen molar-refractivity contribution in [2.75, 3.05) is 0 Å². The average Bonchev–Trinajstić information content (AvgIpc) is 2.02. The molecule has 1 amide bonds. The van der Waals surface area contributed by atoms with Crippen molar-refractivity contribution in [2.45, 2.75) is 51.9 Å². The van der Waals surface area contributed by atoms with Gasteiger partial charge in [0.05, 0.1) is 5.92 Å². The van der Waals surface area contributed by atoms with Gasteiger partial charge in [-0.25, -0.2) is 0 Å². The number of carbonyl (C=O) groups is 1. The normalized spacial score (nSPS) is 27.6. The summed E-state index contributed by atoms with van der Waals surface area (Å²) in [5.41, 5.74) is 0. The molecule has 0 N–H and O–H groups in total. The molecule has 1 aliphatic rings. The highest BCUT2D eigenvalue weighted by Crippen LogP contribution is 2.44. The molecule has 0 aromatic heterocycles. The second kappa shape index (κ2) is 3.48. The number of rotatable bonds is 2. The van der Waals surface area contributed by atoms with E-state index >= 15 is 0 Å². The fourth-order valence-electron chi connectivity index (χ4n) is 2.09. The second-order valence-electron chi connectivity index (χ2n) is 6.02. The Hall–Kier alpha value is -0.573. The molecular weight excluding hydrogens is 202 g/mol. The van der Waals surface area contributed by atoms with Crippen LogP contribution in [0, 0.1) is 5.92 Å². The lowest BCUT2D eigenvalue weighted by molar-refractivity contribution is -0.143. The minimum absolute atomic E-state index is 0.0547. The Bertz CT molecular complexity index is 290. The van der Waals surface area contributed by atoms with Crippen LogP contribution < -0.4 is 0 Å². The van der Waals surface area contributed by atoms with E-state index < -0.39 is 8.24 Å². The molecule has 3 heteroatoms. The highest BCUT2D eigenvalue weighted by atomic mass is 28.3. The molecule has 0 aliphatic carbocycles. The highest BCUT2D eigenvalue weighted by Gasteiger charge is 2.54. The zero-order valence-electron chi connectivity index (χ0n) is 10.8. The molecule has 2 unspecified atom stereocenters. The predicted octanol–water partition coefficient (Wildman–Crippen LogP) is 3.02. The van der Waals surface area contributed by atoms with Crippen molar-refractivity contribution in [3.05, 3.63) is 12.7 Å². The lowest BCUT2D eigenvalue weighted by atomic mass is 9.92. The summed E-state index contributed by atoms with van der Waals surface area (Å²) in [5.74, 6) is 0.336. The largest absolute Gasteiger partial charge is 0.365 e. The van der Waals surface area contributed by atoms with Crippen LogP contribution in [0.2, 0.25) is 18.1 Å². The summed E-state index contributed by atoms with van der Waals surface area (Å²) in [4.78, 5) is 12.0. The summed E-state index contributed by atoms with van der Waals surface area (Å²) in [5, 5.41) is 0.225. The van der Waals surface area contributed by atoms with E-state index in [0.29, 0.717) is 6.04 Å². The molecule has 0 saturated carbocycles. The maximum atomic E-state index is 12.0. The second-order valence-corrected chi connectivity index (χ2v) is 11.1. The number of hydrogen-bond donors (Lipinski definition) is 0. The summed E-state index contributed by atoms with van der Waals surface area (Å²) in [6.07, 6.45) is 1.79. The van der Waals surface area contributed by atoms with Gasteiger partial charge >= 0.3 is 0 Å². The average molecular weight is 225 g/mol. The lowest BCUT2D eigenvalue weighted by Gasteiger charge is -2.57. The molecule has 1 rings (SSSR count). The monoisotopic (exact) mass is 225 g/mol. The Morgan fingerprint density at radius 3 is 2.13 bits per heavy atom. The van der Waals surface area contributed by atoms with Gasteiger partial charge < -0.3 is 4.57 Å². The van der Waals surface area contributed by atoms with Crippen molar-refractivity contribution in [3.63, 3.8) is 0 Å². The highest BCUT2D eigenvalue weighted by molar-refractivity contribution is 6.80. The smallest absolute Gasteiger partial charge is 0.223 e. The lowest BCUT2D eigenvalue weighted by Crippen LogP contribution is -2.71. The third-order valence-corrected chi connectivity index (χ3v) is 9.64. The van der Waals surface area contributed by atoms with Crippen molar-refractivity contribution < 1.29 is 4.79 Å². The third-order valence-electron chi connectivity index (χ3n) is 4.14. The first kappa shape index (κ1) is 12.5. The third kappa shape index (κ3) is 1.67. The van der Waals surface area contributed by atoms with Crippen molar-refractivity contribution >= 4 is 14.1 Å². The van der Waals surface area contributed by atoms with E-state index in [-0.39, 0.29) is 16.9 Å². The summed E-state index contributed by atoms with van der Waals surface area (Å²) in [6, 6.07) is 0.343. The molecule has 0 aromatic carbocycles. The molecule has 2 atom stereocenters. The van der Waals surface area contributed by atoms with Gasteiger partial charge in [0.2, 0.25) is 5.91 Å². The van der Waals surface area contributed by atoms with Crippen LogP contribution in [-0.2, 0) is 4.79 Å². The maximum Gasteiger partial charge on any atom is 0.223 e. The molecule has 86 valence electrons. The van der Waals surface area contributed by atoms with Crippen molar-refractivity contribution in [1.82, 2.24) is 4.57 Å².